The van der Waals surface area contributed by atoms with E-state index in [-0.39, 0.29) is 5.05 Å². The SMILES string of the molecule is COC(C)OC(=S)C(O)CO. The molecule has 0 aliphatic rings. The van der Waals surface area contributed by atoms with Crippen LogP contribution in [0.4, 0.5) is 0 Å². The Labute approximate surface area is 70.7 Å². The molecule has 0 aromatic carbocycles. The summed E-state index contributed by atoms with van der Waals surface area (Å²) in [5.74, 6) is 0. The van der Waals surface area contributed by atoms with Crippen molar-refractivity contribution in [1.29, 1.82) is 0 Å². The van der Waals surface area contributed by atoms with Gasteiger partial charge in [0.1, 0.15) is 6.10 Å². The van der Waals surface area contributed by atoms with E-state index >= 15 is 0 Å². The molecule has 0 amide bonds. The van der Waals surface area contributed by atoms with Gasteiger partial charge in [-0.2, -0.15) is 0 Å². The molecule has 5 heteroatoms. The standard InChI is InChI=1S/C6H12O4S/c1-4(9-2)10-6(11)5(8)3-7/h4-5,7-8H,3H2,1-2H3. The number of methoxy groups -OCH3 is 1. The molecule has 4 nitrogen and oxygen atoms in total. The van der Waals surface area contributed by atoms with Crippen LogP contribution in [0.15, 0.2) is 0 Å². The van der Waals surface area contributed by atoms with Gasteiger partial charge in [0.2, 0.25) is 0 Å². The number of aliphatic hydroxyl groups is 2. The molecule has 2 unspecified atom stereocenters. The van der Waals surface area contributed by atoms with E-state index in [1.54, 1.807) is 6.92 Å². The van der Waals surface area contributed by atoms with E-state index in [2.05, 4.69) is 12.2 Å². The molecule has 66 valence electrons. The lowest BCUT2D eigenvalue weighted by Crippen LogP contribution is -2.28. The van der Waals surface area contributed by atoms with Crippen molar-refractivity contribution in [3.63, 3.8) is 0 Å². The Bertz CT molecular complexity index is 128. The molecular formula is C6H12O4S. The van der Waals surface area contributed by atoms with E-state index in [0.29, 0.717) is 0 Å². The first-order valence-electron chi connectivity index (χ1n) is 3.14. The summed E-state index contributed by atoms with van der Waals surface area (Å²) in [7, 11) is 1.46. The zero-order valence-electron chi connectivity index (χ0n) is 6.48. The number of rotatable bonds is 4. The molecular weight excluding hydrogens is 168 g/mol. The third-order valence-electron chi connectivity index (χ3n) is 1.06. The summed E-state index contributed by atoms with van der Waals surface area (Å²) >= 11 is 4.61. The topological polar surface area (TPSA) is 58.9 Å². The quantitative estimate of drug-likeness (QED) is 0.458. The van der Waals surface area contributed by atoms with Crippen molar-refractivity contribution in [3.8, 4) is 0 Å². The predicted molar refractivity (Wildman–Crippen MR) is 43.2 cm³/mol. The highest BCUT2D eigenvalue weighted by atomic mass is 32.1. The van der Waals surface area contributed by atoms with Crippen molar-refractivity contribution < 1.29 is 19.7 Å². The molecule has 0 rings (SSSR count). The van der Waals surface area contributed by atoms with Crippen molar-refractivity contribution in [2.45, 2.75) is 19.3 Å². The fourth-order valence-corrected chi connectivity index (χ4v) is 0.575. The van der Waals surface area contributed by atoms with Crippen molar-refractivity contribution in [3.05, 3.63) is 0 Å². The molecule has 0 fully saturated rings. The van der Waals surface area contributed by atoms with Crippen LogP contribution < -0.4 is 0 Å². The molecule has 0 spiro atoms. The van der Waals surface area contributed by atoms with Crippen LogP contribution in [-0.2, 0) is 9.47 Å². The average molecular weight is 180 g/mol. The molecule has 0 aliphatic carbocycles. The zero-order valence-corrected chi connectivity index (χ0v) is 7.30. The highest BCUT2D eigenvalue weighted by molar-refractivity contribution is 7.80. The van der Waals surface area contributed by atoms with Gasteiger partial charge in [0.05, 0.1) is 6.61 Å². The van der Waals surface area contributed by atoms with Gasteiger partial charge in [-0.05, 0) is 19.1 Å². The number of hydrogen-bond donors (Lipinski definition) is 2. The lowest BCUT2D eigenvalue weighted by Gasteiger charge is -2.15. The zero-order chi connectivity index (χ0) is 8.85. The monoisotopic (exact) mass is 180 g/mol. The van der Waals surface area contributed by atoms with Gasteiger partial charge in [-0.15, -0.1) is 0 Å². The lowest BCUT2D eigenvalue weighted by atomic mass is 10.4. The molecule has 0 aliphatic heterocycles. The van der Waals surface area contributed by atoms with Gasteiger partial charge in [0.15, 0.2) is 11.3 Å². The summed E-state index contributed by atoms with van der Waals surface area (Å²) in [6.07, 6.45) is -1.61. The Morgan fingerprint density at radius 2 is 2.18 bits per heavy atom. The van der Waals surface area contributed by atoms with E-state index in [1.165, 1.54) is 7.11 Å². The number of aliphatic hydroxyl groups excluding tert-OH is 2. The molecule has 0 saturated carbocycles. The van der Waals surface area contributed by atoms with E-state index in [0.717, 1.165) is 0 Å². The minimum atomic E-state index is -1.11. The lowest BCUT2D eigenvalue weighted by molar-refractivity contribution is -0.0542. The van der Waals surface area contributed by atoms with Crippen LogP contribution in [0.3, 0.4) is 0 Å². The second-order valence-corrected chi connectivity index (χ2v) is 2.34. The first-order chi connectivity index (χ1) is 5.11. The summed E-state index contributed by atoms with van der Waals surface area (Å²) in [6.45, 7) is 1.20. The van der Waals surface area contributed by atoms with Crippen molar-refractivity contribution >= 4 is 17.3 Å². The van der Waals surface area contributed by atoms with Crippen molar-refractivity contribution in [1.82, 2.24) is 0 Å². The second-order valence-electron chi connectivity index (χ2n) is 1.94. The molecule has 0 saturated heterocycles. The van der Waals surface area contributed by atoms with Gasteiger partial charge < -0.3 is 19.7 Å². The van der Waals surface area contributed by atoms with Gasteiger partial charge in [-0.25, -0.2) is 0 Å². The maximum absolute atomic E-state index is 8.90. The molecule has 0 heterocycles. The third kappa shape index (κ3) is 4.26. The van der Waals surface area contributed by atoms with E-state index < -0.39 is 19.0 Å². The van der Waals surface area contributed by atoms with Crippen molar-refractivity contribution in [2.75, 3.05) is 13.7 Å². The Morgan fingerprint density at radius 3 is 2.55 bits per heavy atom. The number of ether oxygens (including phenoxy) is 2. The smallest absolute Gasteiger partial charge is 0.197 e. The fraction of sp³-hybridized carbons (Fsp3) is 0.833. The van der Waals surface area contributed by atoms with Crippen LogP contribution in [-0.4, -0.2) is 41.4 Å². The van der Waals surface area contributed by atoms with E-state index in [4.69, 9.17) is 19.7 Å². The maximum Gasteiger partial charge on any atom is 0.197 e. The first-order valence-corrected chi connectivity index (χ1v) is 3.54. The highest BCUT2D eigenvalue weighted by Gasteiger charge is 2.12. The summed E-state index contributed by atoms with van der Waals surface area (Å²) in [5, 5.41) is 17.3. The highest BCUT2D eigenvalue weighted by Crippen LogP contribution is 1.97. The normalized spacial score (nSPS) is 15.6. The van der Waals surface area contributed by atoms with E-state index in [9.17, 15) is 0 Å². The maximum atomic E-state index is 8.90. The van der Waals surface area contributed by atoms with Gasteiger partial charge >= 0.3 is 0 Å². The Kier molecular flexibility index (Phi) is 5.31. The number of thiocarbonyl (C=S) groups is 1. The Morgan fingerprint density at radius 1 is 1.64 bits per heavy atom. The minimum absolute atomic E-state index is 0.0538. The summed E-state index contributed by atoms with van der Waals surface area (Å²) < 4.78 is 9.56. The minimum Gasteiger partial charge on any atom is -0.456 e. The van der Waals surface area contributed by atoms with E-state index in [1.807, 2.05) is 0 Å². The van der Waals surface area contributed by atoms with Gasteiger partial charge in [0.25, 0.3) is 0 Å². The van der Waals surface area contributed by atoms with Gasteiger partial charge in [-0.3, -0.25) is 0 Å². The Hall–Kier alpha value is -0.230. The first kappa shape index (κ1) is 10.8. The van der Waals surface area contributed by atoms with Crippen LogP contribution in [0.25, 0.3) is 0 Å². The largest absolute Gasteiger partial charge is 0.456 e. The average Bonchev–Trinajstić information content (AvgIpc) is 2.02. The molecule has 2 atom stereocenters. The second kappa shape index (κ2) is 5.42. The van der Waals surface area contributed by atoms with Crippen molar-refractivity contribution in [2.24, 2.45) is 0 Å². The van der Waals surface area contributed by atoms with Gasteiger partial charge in [-0.1, -0.05) is 0 Å². The molecule has 0 aromatic heterocycles. The Balaban J connectivity index is 3.68. The predicted octanol–water partition coefficient (Wildman–Crippen LogP) is -0.324. The van der Waals surface area contributed by atoms with Crippen LogP contribution in [0.5, 0.6) is 0 Å². The summed E-state index contributed by atoms with van der Waals surface area (Å²) in [5.41, 5.74) is 0. The third-order valence-corrected chi connectivity index (χ3v) is 1.43. The molecule has 0 aromatic rings. The molecule has 2 N–H and O–H groups in total. The molecule has 0 radical (unpaired) electrons. The van der Waals surface area contributed by atoms with Crippen LogP contribution in [0, 0.1) is 0 Å². The van der Waals surface area contributed by atoms with Gasteiger partial charge in [0, 0.05) is 7.11 Å². The molecule has 0 bridgehead atoms. The van der Waals surface area contributed by atoms with Crippen LogP contribution in [0.1, 0.15) is 6.92 Å². The van der Waals surface area contributed by atoms with Crippen LogP contribution in [0.2, 0.25) is 0 Å². The molecule has 11 heavy (non-hydrogen) atoms. The number of hydrogen-bond acceptors (Lipinski definition) is 5. The fourth-order valence-electron chi connectivity index (χ4n) is 0.365. The summed E-state index contributed by atoms with van der Waals surface area (Å²) in [6, 6.07) is 0. The van der Waals surface area contributed by atoms with Crippen LogP contribution >= 0.6 is 12.2 Å². The summed E-state index contributed by atoms with van der Waals surface area (Å²) in [4.78, 5) is 0.